The summed E-state index contributed by atoms with van der Waals surface area (Å²) in [6.45, 7) is 1.69. The number of hydrogen-bond acceptors (Lipinski definition) is 6. The Hall–Kier alpha value is -0.730. The molecule has 2 atom stereocenters. The summed E-state index contributed by atoms with van der Waals surface area (Å²) in [6, 6.07) is 0. The molecule has 11 heteroatoms. The van der Waals surface area contributed by atoms with Crippen molar-refractivity contribution < 1.29 is 40.2 Å². The van der Waals surface area contributed by atoms with Gasteiger partial charge in [-0.25, -0.2) is 8.42 Å². The first-order chi connectivity index (χ1) is 7.54. The lowest BCUT2D eigenvalue weighted by Crippen LogP contribution is -2.35. The summed E-state index contributed by atoms with van der Waals surface area (Å²) in [5.41, 5.74) is -5.69. The number of carbonyl (C=O) groups excluding carboxylic acids is 1. The zero-order valence-corrected chi connectivity index (χ0v) is 10.4. The van der Waals surface area contributed by atoms with Gasteiger partial charge in [-0.1, -0.05) is 0 Å². The third kappa shape index (κ3) is 4.21. The Balaban J connectivity index is 5.34. The molecule has 2 unspecified atom stereocenters. The number of sulfone groups is 1. The van der Waals surface area contributed by atoms with Crippen molar-refractivity contribution in [1.29, 1.82) is 0 Å². The maximum absolute atomic E-state index is 12.2. The Morgan fingerprint density at radius 2 is 1.88 bits per heavy atom. The molecule has 0 aromatic heterocycles. The van der Waals surface area contributed by atoms with E-state index in [1.807, 2.05) is 0 Å². The zero-order chi connectivity index (χ0) is 13.9. The molecule has 0 aliphatic carbocycles. The van der Waals surface area contributed by atoms with Crippen LogP contribution in [0.4, 0.5) is 13.2 Å². The van der Waals surface area contributed by atoms with Gasteiger partial charge in [0.15, 0.2) is 0 Å². The summed E-state index contributed by atoms with van der Waals surface area (Å²) < 4.78 is 77.7. The van der Waals surface area contributed by atoms with Crippen molar-refractivity contribution in [2.45, 2.75) is 24.5 Å². The fourth-order valence-electron chi connectivity index (χ4n) is 0.664. The van der Waals surface area contributed by atoms with Gasteiger partial charge >= 0.3 is 34.5 Å². The normalized spacial score (nSPS) is 15.2. The van der Waals surface area contributed by atoms with Crippen LogP contribution in [-0.4, -0.2) is 31.7 Å². The molecule has 0 radical (unpaired) electrons. The molecule has 0 rings (SSSR count). The van der Waals surface area contributed by atoms with Crippen LogP contribution in [0.1, 0.15) is 13.8 Å². The fourth-order valence-corrected chi connectivity index (χ4v) is 3.21. The van der Waals surface area contributed by atoms with Crippen molar-refractivity contribution in [1.82, 2.24) is 0 Å². The summed E-state index contributed by atoms with van der Waals surface area (Å²) in [6.07, 6.45) is 0. The highest BCUT2D eigenvalue weighted by Crippen LogP contribution is 2.40. The summed E-state index contributed by atoms with van der Waals surface area (Å²) in [5.74, 6) is -1.31. The number of hydrogen-bond donors (Lipinski definition) is 0. The van der Waals surface area contributed by atoms with E-state index in [9.17, 15) is 30.9 Å². The SMILES string of the molecule is CCO[P+](=O)C(OC(C)=O)S(=O)(=O)C(F)(F)F. The van der Waals surface area contributed by atoms with Gasteiger partial charge in [-0.05, 0) is 11.5 Å². The van der Waals surface area contributed by atoms with E-state index in [1.54, 1.807) is 0 Å². The molecule has 0 saturated carbocycles. The van der Waals surface area contributed by atoms with Crippen molar-refractivity contribution in [2.75, 3.05) is 6.61 Å². The highest BCUT2D eigenvalue weighted by atomic mass is 32.2. The Kier molecular flexibility index (Phi) is 5.50. The maximum Gasteiger partial charge on any atom is 0.571 e. The van der Waals surface area contributed by atoms with Crippen molar-refractivity contribution in [2.24, 2.45) is 0 Å². The molecule has 0 N–H and O–H groups in total. The minimum Gasteiger partial charge on any atom is -0.401 e. The van der Waals surface area contributed by atoms with Crippen LogP contribution in [0.15, 0.2) is 0 Å². The zero-order valence-electron chi connectivity index (χ0n) is 8.72. The Morgan fingerprint density at radius 1 is 1.41 bits per heavy atom. The van der Waals surface area contributed by atoms with Crippen LogP contribution in [0, 0.1) is 0 Å². The number of ether oxygens (including phenoxy) is 1. The number of esters is 1. The molecule has 0 fully saturated rings. The van der Waals surface area contributed by atoms with Crippen LogP contribution >= 0.6 is 8.03 Å². The van der Waals surface area contributed by atoms with Crippen LogP contribution in [-0.2, 0) is 28.5 Å². The van der Waals surface area contributed by atoms with Crippen LogP contribution in [0.5, 0.6) is 0 Å². The molecule has 0 aliphatic rings. The van der Waals surface area contributed by atoms with E-state index in [-0.39, 0.29) is 6.61 Å². The fraction of sp³-hybridized carbons (Fsp3) is 0.833. The maximum atomic E-state index is 12.2. The number of halogens is 3. The Morgan fingerprint density at radius 3 is 2.18 bits per heavy atom. The first-order valence-corrected chi connectivity index (χ1v) is 6.90. The van der Waals surface area contributed by atoms with E-state index in [1.165, 1.54) is 6.92 Å². The molecular weight excluding hydrogens is 288 g/mol. The van der Waals surface area contributed by atoms with E-state index in [0.29, 0.717) is 6.92 Å². The highest BCUT2D eigenvalue weighted by molar-refractivity contribution is 7.97. The highest BCUT2D eigenvalue weighted by Gasteiger charge is 2.62. The third-order valence-electron chi connectivity index (χ3n) is 1.28. The molecule has 6 nitrogen and oxygen atoms in total. The topological polar surface area (TPSA) is 86.7 Å². The van der Waals surface area contributed by atoms with Crippen molar-refractivity contribution >= 4 is 23.8 Å². The Labute approximate surface area is 95.9 Å². The van der Waals surface area contributed by atoms with Crippen LogP contribution in [0.25, 0.3) is 0 Å². The average Bonchev–Trinajstić information content (AvgIpc) is 2.12. The van der Waals surface area contributed by atoms with Gasteiger partial charge in [-0.15, -0.1) is 4.52 Å². The average molecular weight is 297 g/mol. The standard InChI is InChI=1S/C6H9F3O6PS/c1-3-14-16(11)5(15-4(2)10)17(12,13)6(7,8)9/h5H,3H2,1-2H3/q+1. The number of rotatable bonds is 5. The monoisotopic (exact) mass is 297 g/mol. The smallest absolute Gasteiger partial charge is 0.401 e. The third-order valence-corrected chi connectivity index (χ3v) is 4.87. The van der Waals surface area contributed by atoms with E-state index in [4.69, 9.17) is 0 Å². The lowest BCUT2D eigenvalue weighted by molar-refractivity contribution is -0.140. The predicted octanol–water partition coefficient (Wildman–Crippen LogP) is 1.55. The van der Waals surface area contributed by atoms with Gasteiger partial charge in [0.05, 0.1) is 6.61 Å². The largest absolute Gasteiger partial charge is 0.571 e. The second-order valence-corrected chi connectivity index (χ2v) is 6.24. The van der Waals surface area contributed by atoms with Crippen molar-refractivity contribution in [3.8, 4) is 0 Å². The molecule has 0 aliphatic heterocycles. The lowest BCUT2D eigenvalue weighted by Gasteiger charge is -2.10. The van der Waals surface area contributed by atoms with Gasteiger partial charge in [-0.2, -0.15) is 13.2 Å². The van der Waals surface area contributed by atoms with Crippen LogP contribution < -0.4 is 0 Å². The molecule has 100 valence electrons. The Bertz CT molecular complexity index is 402. The van der Waals surface area contributed by atoms with Gasteiger partial charge in [0.25, 0.3) is 0 Å². The van der Waals surface area contributed by atoms with E-state index in [0.717, 1.165) is 0 Å². The summed E-state index contributed by atoms with van der Waals surface area (Å²) in [7, 11) is -9.24. The van der Waals surface area contributed by atoms with Gasteiger partial charge in [0.2, 0.25) is 0 Å². The second-order valence-electron chi connectivity index (χ2n) is 2.61. The van der Waals surface area contributed by atoms with E-state index in [2.05, 4.69) is 9.26 Å². The van der Waals surface area contributed by atoms with Crippen LogP contribution in [0.3, 0.4) is 0 Å². The quantitative estimate of drug-likeness (QED) is 0.565. The summed E-state index contributed by atoms with van der Waals surface area (Å²) >= 11 is 0. The number of alkyl halides is 3. The molecule has 0 bridgehead atoms. The number of carbonyl (C=O) groups is 1. The first-order valence-electron chi connectivity index (χ1n) is 4.10. The molecule has 0 amide bonds. The minimum absolute atomic E-state index is 0.291. The van der Waals surface area contributed by atoms with Crippen molar-refractivity contribution in [3.63, 3.8) is 0 Å². The van der Waals surface area contributed by atoms with Crippen LogP contribution in [0.2, 0.25) is 0 Å². The minimum atomic E-state index is -5.91. The van der Waals surface area contributed by atoms with Gasteiger partial charge in [0.1, 0.15) is 0 Å². The summed E-state index contributed by atoms with van der Waals surface area (Å²) in [5, 5.41) is -2.88. The van der Waals surface area contributed by atoms with Crippen molar-refractivity contribution in [3.05, 3.63) is 0 Å². The summed E-state index contributed by atoms with van der Waals surface area (Å²) in [4.78, 5) is 10.5. The molecule has 0 saturated heterocycles. The molecule has 0 heterocycles. The second kappa shape index (κ2) is 5.74. The molecule has 0 aromatic rings. The van der Waals surface area contributed by atoms with Gasteiger partial charge in [0, 0.05) is 6.92 Å². The molecule has 0 aromatic carbocycles. The molecular formula is C6H9F3O6PS+. The predicted molar refractivity (Wildman–Crippen MR) is 49.8 cm³/mol. The van der Waals surface area contributed by atoms with E-state index >= 15 is 0 Å². The van der Waals surface area contributed by atoms with Gasteiger partial charge < -0.3 is 4.74 Å². The van der Waals surface area contributed by atoms with Gasteiger partial charge in [-0.3, -0.25) is 4.79 Å². The first kappa shape index (κ1) is 16.3. The van der Waals surface area contributed by atoms with E-state index < -0.39 is 34.5 Å². The lowest BCUT2D eigenvalue weighted by atomic mass is 10.8. The molecule has 0 spiro atoms. The molecule has 17 heavy (non-hydrogen) atoms.